The van der Waals surface area contributed by atoms with Crippen molar-refractivity contribution in [2.45, 2.75) is 25.9 Å². The van der Waals surface area contributed by atoms with Gasteiger partial charge in [0.15, 0.2) is 5.82 Å². The van der Waals surface area contributed by atoms with Gasteiger partial charge in [-0.25, -0.2) is 0 Å². The van der Waals surface area contributed by atoms with Gasteiger partial charge in [-0.05, 0) is 13.3 Å². The highest BCUT2D eigenvalue weighted by molar-refractivity contribution is 8.14. The second kappa shape index (κ2) is 4.10. The number of aromatic nitrogens is 2. The molecule has 1 unspecified atom stereocenters. The molecule has 1 fully saturated rings. The third-order valence-electron chi connectivity index (χ3n) is 2.00. The molecular weight excluding hydrogens is 202 g/mol. The van der Waals surface area contributed by atoms with Crippen molar-refractivity contribution in [3.05, 3.63) is 11.7 Å². The maximum absolute atomic E-state index is 11.2. The van der Waals surface area contributed by atoms with E-state index in [-0.39, 0.29) is 11.2 Å². The highest BCUT2D eigenvalue weighted by Gasteiger charge is 2.24. The van der Waals surface area contributed by atoms with Gasteiger partial charge in [0.25, 0.3) is 0 Å². The van der Waals surface area contributed by atoms with E-state index in [0.717, 1.165) is 12.2 Å². The molecule has 14 heavy (non-hydrogen) atoms. The zero-order chi connectivity index (χ0) is 9.97. The summed E-state index contributed by atoms with van der Waals surface area (Å²) in [5.74, 6) is 2.06. The quantitative estimate of drug-likeness (QED) is 0.788. The first-order valence-electron chi connectivity index (χ1n) is 4.45. The first-order chi connectivity index (χ1) is 6.75. The first-order valence-corrected chi connectivity index (χ1v) is 5.43. The standard InChI is InChI=1S/C8H11N3O2S/c1-5-10-7(13-11-5)4-9-6-2-3-14-8(6)12/h6,9H,2-4H2,1H3. The van der Waals surface area contributed by atoms with Crippen molar-refractivity contribution >= 4 is 16.9 Å². The van der Waals surface area contributed by atoms with E-state index in [0.29, 0.717) is 18.3 Å². The number of aryl methyl sites for hydroxylation is 1. The minimum Gasteiger partial charge on any atom is -0.338 e. The Morgan fingerprint density at radius 3 is 3.14 bits per heavy atom. The summed E-state index contributed by atoms with van der Waals surface area (Å²) in [5, 5.41) is 6.97. The molecule has 0 spiro atoms. The van der Waals surface area contributed by atoms with Gasteiger partial charge < -0.3 is 4.52 Å². The number of hydrogen-bond donors (Lipinski definition) is 1. The molecule has 0 saturated carbocycles. The summed E-state index contributed by atoms with van der Waals surface area (Å²) >= 11 is 1.38. The molecule has 1 aliphatic heterocycles. The minimum atomic E-state index is -0.0489. The van der Waals surface area contributed by atoms with E-state index in [4.69, 9.17) is 4.52 Å². The summed E-state index contributed by atoms with van der Waals surface area (Å²) in [5.41, 5.74) is 0. The summed E-state index contributed by atoms with van der Waals surface area (Å²) < 4.78 is 4.92. The number of rotatable bonds is 3. The molecule has 1 saturated heterocycles. The van der Waals surface area contributed by atoms with Gasteiger partial charge in [0.2, 0.25) is 11.0 Å². The molecule has 1 N–H and O–H groups in total. The molecule has 1 atom stereocenters. The smallest absolute Gasteiger partial charge is 0.240 e. The topological polar surface area (TPSA) is 68.0 Å². The van der Waals surface area contributed by atoms with Crippen LogP contribution in [0.1, 0.15) is 18.1 Å². The molecule has 6 heteroatoms. The van der Waals surface area contributed by atoms with Crippen LogP contribution >= 0.6 is 11.8 Å². The van der Waals surface area contributed by atoms with E-state index in [1.165, 1.54) is 11.8 Å². The summed E-state index contributed by atoms with van der Waals surface area (Å²) in [6, 6.07) is -0.0489. The predicted molar refractivity (Wildman–Crippen MR) is 51.7 cm³/mol. The third-order valence-corrected chi connectivity index (χ3v) is 3.01. The maximum atomic E-state index is 11.2. The average Bonchev–Trinajstić information content (AvgIpc) is 2.72. The Morgan fingerprint density at radius 1 is 1.71 bits per heavy atom. The molecule has 1 aliphatic rings. The molecule has 76 valence electrons. The molecule has 0 aromatic carbocycles. The monoisotopic (exact) mass is 213 g/mol. The molecule has 0 radical (unpaired) electrons. The van der Waals surface area contributed by atoms with Crippen molar-refractivity contribution in [3.8, 4) is 0 Å². The lowest BCUT2D eigenvalue weighted by molar-refractivity contribution is -0.112. The SMILES string of the molecule is Cc1noc(CNC2CCSC2=O)n1. The largest absolute Gasteiger partial charge is 0.338 e. The van der Waals surface area contributed by atoms with Crippen LogP contribution in [0.15, 0.2) is 4.52 Å². The molecule has 5 nitrogen and oxygen atoms in total. The van der Waals surface area contributed by atoms with Crippen molar-refractivity contribution in [1.29, 1.82) is 0 Å². The lowest BCUT2D eigenvalue weighted by Gasteiger charge is -2.06. The van der Waals surface area contributed by atoms with Crippen molar-refractivity contribution in [1.82, 2.24) is 15.5 Å². The second-order valence-electron chi connectivity index (χ2n) is 3.12. The predicted octanol–water partition coefficient (Wildman–Crippen LogP) is 0.500. The number of carbonyl (C=O) groups excluding carboxylic acids is 1. The van der Waals surface area contributed by atoms with Gasteiger partial charge in [-0.1, -0.05) is 16.9 Å². The van der Waals surface area contributed by atoms with E-state index < -0.39 is 0 Å². The van der Waals surface area contributed by atoms with Gasteiger partial charge in [-0.15, -0.1) is 0 Å². The van der Waals surface area contributed by atoms with Crippen molar-refractivity contribution in [2.75, 3.05) is 5.75 Å². The zero-order valence-corrected chi connectivity index (χ0v) is 8.63. The normalized spacial score (nSPS) is 21.8. The lowest BCUT2D eigenvalue weighted by Crippen LogP contribution is -2.31. The highest BCUT2D eigenvalue weighted by atomic mass is 32.2. The third kappa shape index (κ3) is 2.13. The molecule has 0 aliphatic carbocycles. The summed E-state index contributed by atoms with van der Waals surface area (Å²) in [6.07, 6.45) is 0.886. The molecule has 1 aromatic rings. The molecule has 0 amide bonds. The number of hydrogen-bond acceptors (Lipinski definition) is 6. The average molecular weight is 213 g/mol. The van der Waals surface area contributed by atoms with Crippen LogP contribution in [0.3, 0.4) is 0 Å². The Balaban J connectivity index is 1.85. The second-order valence-corrected chi connectivity index (χ2v) is 4.22. The van der Waals surface area contributed by atoms with E-state index in [9.17, 15) is 4.79 Å². The highest BCUT2D eigenvalue weighted by Crippen LogP contribution is 2.19. The van der Waals surface area contributed by atoms with Crippen LogP contribution in [0.5, 0.6) is 0 Å². The molecule has 2 rings (SSSR count). The molecular formula is C8H11N3O2S. The van der Waals surface area contributed by atoms with Crippen LogP contribution in [0.2, 0.25) is 0 Å². The Kier molecular flexibility index (Phi) is 2.83. The zero-order valence-electron chi connectivity index (χ0n) is 7.82. The summed E-state index contributed by atoms with van der Waals surface area (Å²) in [6.45, 7) is 2.24. The molecule has 0 bridgehead atoms. The van der Waals surface area contributed by atoms with Crippen molar-refractivity contribution in [2.24, 2.45) is 0 Å². The fourth-order valence-corrected chi connectivity index (χ4v) is 2.26. The Morgan fingerprint density at radius 2 is 2.57 bits per heavy atom. The van der Waals surface area contributed by atoms with Gasteiger partial charge in [0, 0.05) is 5.75 Å². The van der Waals surface area contributed by atoms with Gasteiger partial charge >= 0.3 is 0 Å². The van der Waals surface area contributed by atoms with E-state index in [1.807, 2.05) is 0 Å². The number of carbonyl (C=O) groups is 1. The minimum absolute atomic E-state index is 0.0489. The number of nitrogens with one attached hydrogen (secondary N) is 1. The van der Waals surface area contributed by atoms with Gasteiger partial charge in [-0.2, -0.15) is 4.98 Å². The summed E-state index contributed by atoms with van der Waals surface area (Å²) in [7, 11) is 0. The Bertz CT molecular complexity index is 339. The Hall–Kier alpha value is -0.880. The fraction of sp³-hybridized carbons (Fsp3) is 0.625. The van der Waals surface area contributed by atoms with Crippen LogP contribution in [0.4, 0.5) is 0 Å². The van der Waals surface area contributed by atoms with E-state index >= 15 is 0 Å². The van der Waals surface area contributed by atoms with Crippen molar-refractivity contribution in [3.63, 3.8) is 0 Å². The molecule has 1 aromatic heterocycles. The summed E-state index contributed by atoms with van der Waals surface area (Å²) in [4.78, 5) is 15.3. The van der Waals surface area contributed by atoms with Gasteiger partial charge in [-0.3, -0.25) is 10.1 Å². The number of nitrogens with zero attached hydrogens (tertiary/aromatic N) is 2. The van der Waals surface area contributed by atoms with E-state index in [1.54, 1.807) is 6.92 Å². The molecule has 2 heterocycles. The van der Waals surface area contributed by atoms with Crippen LogP contribution in [0, 0.1) is 6.92 Å². The van der Waals surface area contributed by atoms with Crippen molar-refractivity contribution < 1.29 is 9.32 Å². The first kappa shape index (κ1) is 9.67. The van der Waals surface area contributed by atoms with Gasteiger partial charge in [0.1, 0.15) is 0 Å². The number of thioether (sulfide) groups is 1. The van der Waals surface area contributed by atoms with Crippen LogP contribution < -0.4 is 5.32 Å². The van der Waals surface area contributed by atoms with Gasteiger partial charge in [0.05, 0.1) is 12.6 Å². The van der Waals surface area contributed by atoms with Crippen LogP contribution in [-0.4, -0.2) is 27.1 Å². The van der Waals surface area contributed by atoms with E-state index in [2.05, 4.69) is 15.5 Å². The maximum Gasteiger partial charge on any atom is 0.240 e. The van der Waals surface area contributed by atoms with Crippen LogP contribution in [-0.2, 0) is 11.3 Å². The van der Waals surface area contributed by atoms with Crippen LogP contribution in [0.25, 0.3) is 0 Å². The Labute approximate surface area is 85.6 Å². The lowest BCUT2D eigenvalue weighted by atomic mass is 10.2. The fourth-order valence-electron chi connectivity index (χ4n) is 1.30.